The number of hydrogen-bond acceptors (Lipinski definition) is 3. The summed E-state index contributed by atoms with van der Waals surface area (Å²) in [4.78, 5) is 13.8. The van der Waals surface area contributed by atoms with Gasteiger partial charge in [0.2, 0.25) is 5.91 Å². The van der Waals surface area contributed by atoms with Gasteiger partial charge in [-0.25, -0.2) is 8.78 Å². The van der Waals surface area contributed by atoms with Crippen LogP contribution in [0.4, 0.5) is 14.5 Å². The Labute approximate surface area is 235 Å². The molecule has 2 N–H and O–H groups in total. The molecular formula is C29H26Cl3F2N3O. The summed E-state index contributed by atoms with van der Waals surface area (Å²) in [5, 5.41) is 17.4. The van der Waals surface area contributed by atoms with Crippen LogP contribution in [0.5, 0.6) is 0 Å². The maximum atomic E-state index is 15.7. The lowest BCUT2D eigenvalue weighted by molar-refractivity contribution is -0.118. The van der Waals surface area contributed by atoms with Gasteiger partial charge in [-0.3, -0.25) is 4.79 Å². The lowest BCUT2D eigenvalue weighted by Gasteiger charge is -2.37. The molecule has 0 radical (unpaired) electrons. The second-order valence-corrected chi connectivity index (χ2v) is 12.0. The molecule has 1 fully saturated rings. The molecule has 198 valence electrons. The summed E-state index contributed by atoms with van der Waals surface area (Å²) in [6.45, 7) is 5.93. The summed E-state index contributed by atoms with van der Waals surface area (Å²) in [6.07, 6.45) is 0.381. The van der Waals surface area contributed by atoms with Crippen molar-refractivity contribution in [3.05, 3.63) is 98.5 Å². The number of nitriles is 1. The van der Waals surface area contributed by atoms with Crippen molar-refractivity contribution in [1.82, 2.24) is 5.32 Å². The molecule has 1 amide bonds. The fourth-order valence-corrected chi connectivity index (χ4v) is 5.78. The summed E-state index contributed by atoms with van der Waals surface area (Å²) >= 11 is 18.2. The zero-order chi connectivity index (χ0) is 27.8. The van der Waals surface area contributed by atoms with Gasteiger partial charge in [0.25, 0.3) is 0 Å². The number of nitrogens with zero attached hydrogens (tertiary/aromatic N) is 1. The van der Waals surface area contributed by atoms with E-state index < -0.39 is 41.0 Å². The van der Waals surface area contributed by atoms with Gasteiger partial charge in [-0.05, 0) is 59.9 Å². The minimum Gasteiger partial charge on any atom is -0.325 e. The molecule has 0 aliphatic carbocycles. The predicted molar refractivity (Wildman–Crippen MR) is 148 cm³/mol. The zero-order valence-corrected chi connectivity index (χ0v) is 23.2. The number of benzene rings is 3. The van der Waals surface area contributed by atoms with Crippen molar-refractivity contribution >= 4 is 46.4 Å². The fourth-order valence-electron chi connectivity index (χ4n) is 5.31. The number of amides is 1. The first-order valence-corrected chi connectivity index (χ1v) is 13.1. The first kappa shape index (κ1) is 28.3. The van der Waals surface area contributed by atoms with E-state index >= 15 is 8.78 Å². The van der Waals surface area contributed by atoms with Crippen molar-refractivity contribution < 1.29 is 13.6 Å². The van der Waals surface area contributed by atoms with Crippen LogP contribution in [0, 0.1) is 28.4 Å². The van der Waals surface area contributed by atoms with Gasteiger partial charge in [0, 0.05) is 33.3 Å². The molecule has 0 aromatic heterocycles. The monoisotopic (exact) mass is 575 g/mol. The summed E-state index contributed by atoms with van der Waals surface area (Å²) in [5.41, 5.74) is -1.49. The van der Waals surface area contributed by atoms with Gasteiger partial charge < -0.3 is 10.6 Å². The van der Waals surface area contributed by atoms with Crippen LogP contribution in [0.3, 0.4) is 0 Å². The van der Waals surface area contributed by atoms with Gasteiger partial charge in [0.1, 0.15) is 17.0 Å². The van der Waals surface area contributed by atoms with Crippen LogP contribution in [0.25, 0.3) is 0 Å². The molecule has 0 saturated carbocycles. The summed E-state index contributed by atoms with van der Waals surface area (Å²) in [5.74, 6) is -3.13. The van der Waals surface area contributed by atoms with E-state index in [1.807, 2.05) is 20.8 Å². The summed E-state index contributed by atoms with van der Waals surface area (Å²) < 4.78 is 31.3. The molecule has 4 unspecified atom stereocenters. The molecule has 38 heavy (non-hydrogen) atoms. The van der Waals surface area contributed by atoms with E-state index in [2.05, 4.69) is 16.7 Å². The molecule has 3 aromatic rings. The fraction of sp³-hybridized carbons (Fsp3) is 0.310. The van der Waals surface area contributed by atoms with Crippen LogP contribution in [-0.4, -0.2) is 18.0 Å². The highest BCUT2D eigenvalue weighted by molar-refractivity contribution is 6.31. The number of nitrogens with one attached hydrogen (secondary N) is 2. The Hall–Kier alpha value is -2.69. The number of rotatable bonds is 5. The van der Waals surface area contributed by atoms with Crippen molar-refractivity contribution in [2.24, 2.45) is 5.41 Å². The Bertz CT molecular complexity index is 1400. The van der Waals surface area contributed by atoms with Gasteiger partial charge in [0.15, 0.2) is 0 Å². The van der Waals surface area contributed by atoms with E-state index in [1.165, 1.54) is 24.3 Å². The van der Waals surface area contributed by atoms with Crippen molar-refractivity contribution in [3.63, 3.8) is 0 Å². The molecule has 4 nitrogen and oxygen atoms in total. The van der Waals surface area contributed by atoms with E-state index in [4.69, 9.17) is 34.8 Å². The highest BCUT2D eigenvalue weighted by Gasteiger charge is 2.61. The topological polar surface area (TPSA) is 64.9 Å². The third-order valence-corrected chi connectivity index (χ3v) is 7.62. The van der Waals surface area contributed by atoms with Crippen LogP contribution in [0.1, 0.15) is 44.2 Å². The van der Waals surface area contributed by atoms with Gasteiger partial charge in [-0.2, -0.15) is 5.26 Å². The molecule has 4 rings (SSSR count). The average molecular weight is 577 g/mol. The number of halogens is 5. The van der Waals surface area contributed by atoms with E-state index in [1.54, 1.807) is 30.3 Å². The quantitative estimate of drug-likeness (QED) is 0.325. The van der Waals surface area contributed by atoms with Crippen molar-refractivity contribution in [2.45, 2.75) is 50.6 Å². The molecule has 1 aliphatic rings. The number of anilines is 1. The SMILES string of the molecule is CC(C)(C)CC1NC(C(=O)Nc2ccc(Cl)cc2)C(c2cccc(Cl)c2F)C1(C#N)c1ccc(Cl)cc1F. The first-order valence-electron chi connectivity index (χ1n) is 12.0. The molecule has 1 saturated heterocycles. The summed E-state index contributed by atoms with van der Waals surface area (Å²) in [7, 11) is 0. The van der Waals surface area contributed by atoms with Crippen LogP contribution < -0.4 is 10.6 Å². The molecule has 4 atom stereocenters. The van der Waals surface area contributed by atoms with Crippen molar-refractivity contribution in [2.75, 3.05) is 5.32 Å². The summed E-state index contributed by atoms with van der Waals surface area (Å²) in [6, 6.07) is 15.5. The molecule has 0 spiro atoms. The van der Waals surface area contributed by atoms with Gasteiger partial charge in [0.05, 0.1) is 17.1 Å². The van der Waals surface area contributed by atoms with E-state index in [9.17, 15) is 10.1 Å². The third-order valence-electron chi connectivity index (χ3n) is 6.84. The van der Waals surface area contributed by atoms with E-state index in [-0.39, 0.29) is 26.6 Å². The lowest BCUT2D eigenvalue weighted by Crippen LogP contribution is -2.45. The Morgan fingerprint density at radius 1 is 1.05 bits per heavy atom. The van der Waals surface area contributed by atoms with E-state index in [0.717, 1.165) is 6.07 Å². The van der Waals surface area contributed by atoms with Gasteiger partial charge in [-0.15, -0.1) is 0 Å². The largest absolute Gasteiger partial charge is 0.325 e. The maximum Gasteiger partial charge on any atom is 0.242 e. The molecule has 3 aromatic carbocycles. The Balaban J connectivity index is 1.96. The second-order valence-electron chi connectivity index (χ2n) is 10.7. The smallest absolute Gasteiger partial charge is 0.242 e. The number of carbonyl (C=O) groups is 1. The first-order chi connectivity index (χ1) is 17.9. The second kappa shape index (κ2) is 10.8. The molecule has 1 heterocycles. The minimum absolute atomic E-state index is 0.0253. The Kier molecular flexibility index (Phi) is 8.07. The Morgan fingerprint density at radius 3 is 2.32 bits per heavy atom. The molecule has 1 aliphatic heterocycles. The molecule has 9 heteroatoms. The zero-order valence-electron chi connectivity index (χ0n) is 21.0. The van der Waals surface area contributed by atoms with E-state index in [0.29, 0.717) is 17.1 Å². The van der Waals surface area contributed by atoms with Crippen LogP contribution in [0.15, 0.2) is 60.7 Å². The minimum atomic E-state index is -1.69. The van der Waals surface area contributed by atoms with Crippen LogP contribution in [0.2, 0.25) is 15.1 Å². The predicted octanol–water partition coefficient (Wildman–Crippen LogP) is 7.89. The highest BCUT2D eigenvalue weighted by atomic mass is 35.5. The Morgan fingerprint density at radius 2 is 1.71 bits per heavy atom. The normalized spacial score (nSPS) is 23.2. The highest BCUT2D eigenvalue weighted by Crippen LogP contribution is 2.52. The van der Waals surface area contributed by atoms with Crippen LogP contribution in [-0.2, 0) is 10.2 Å². The van der Waals surface area contributed by atoms with Crippen molar-refractivity contribution in [1.29, 1.82) is 5.26 Å². The maximum absolute atomic E-state index is 15.7. The van der Waals surface area contributed by atoms with Crippen molar-refractivity contribution in [3.8, 4) is 6.07 Å². The third kappa shape index (κ3) is 5.39. The van der Waals surface area contributed by atoms with Gasteiger partial charge in [-0.1, -0.05) is 73.8 Å². The number of carbonyl (C=O) groups excluding carboxylic acids is 1. The lowest BCUT2D eigenvalue weighted by atomic mass is 9.62. The van der Waals surface area contributed by atoms with Crippen LogP contribution >= 0.6 is 34.8 Å². The molecular weight excluding hydrogens is 551 g/mol. The average Bonchev–Trinajstić information content (AvgIpc) is 3.15. The standard InChI is InChI=1S/C29H26Cl3F2N3O/c1-28(2,3)14-23-29(15-35,20-12-9-17(31)13-22(20)33)24(19-5-4-6-21(32)25(19)34)26(37-23)27(38)36-18-10-7-16(30)8-11-18/h4-13,23-24,26,37H,14H2,1-3H3,(H,36,38). The molecule has 0 bridgehead atoms. The van der Waals surface area contributed by atoms with Gasteiger partial charge >= 0.3 is 0 Å². The number of hydrogen-bond donors (Lipinski definition) is 2.